The first-order valence-electron chi connectivity index (χ1n) is 15.0. The van der Waals surface area contributed by atoms with E-state index < -0.39 is 0 Å². The summed E-state index contributed by atoms with van der Waals surface area (Å²) in [7, 11) is 0. The Morgan fingerprint density at radius 1 is 0.735 bits per heavy atom. The quantitative estimate of drug-likeness (QED) is 0.147. The highest BCUT2D eigenvalue weighted by Gasteiger charge is 2.40. The number of benzene rings is 1. The number of carbonyl (C=O) groups is 1. The Hall–Kier alpha value is -1.35. The van der Waals surface area contributed by atoms with Gasteiger partial charge in [-0.25, -0.2) is 0 Å². The van der Waals surface area contributed by atoms with Crippen LogP contribution in [0.4, 0.5) is 5.69 Å². The third-order valence-electron chi connectivity index (χ3n) is 8.36. The lowest BCUT2D eigenvalue weighted by molar-refractivity contribution is -0.129. The molecule has 0 aromatic heterocycles. The number of rotatable bonds is 19. The number of unbranched alkanes of at least 4 members (excludes halogenated alkanes) is 15. The van der Waals surface area contributed by atoms with Crippen molar-refractivity contribution in [2.45, 2.75) is 129 Å². The zero-order valence-corrected chi connectivity index (χ0v) is 22.4. The molecule has 1 fully saturated rings. The van der Waals surface area contributed by atoms with Gasteiger partial charge in [-0.2, -0.15) is 0 Å². The second-order valence-corrected chi connectivity index (χ2v) is 11.2. The van der Waals surface area contributed by atoms with E-state index in [0.717, 1.165) is 37.0 Å². The summed E-state index contributed by atoms with van der Waals surface area (Å²) in [5, 5.41) is 0. The Morgan fingerprint density at radius 3 is 1.85 bits per heavy atom. The van der Waals surface area contributed by atoms with Crippen molar-refractivity contribution in [3.8, 4) is 0 Å². The highest BCUT2D eigenvalue weighted by Crippen LogP contribution is 2.36. The molecular weight excluding hydrogens is 416 g/mol. The van der Waals surface area contributed by atoms with Crippen LogP contribution in [0.2, 0.25) is 0 Å². The summed E-state index contributed by atoms with van der Waals surface area (Å²) in [5.74, 6) is 0.369. The minimum absolute atomic E-state index is 0.369. The summed E-state index contributed by atoms with van der Waals surface area (Å²) in [6.45, 7) is 6.51. The van der Waals surface area contributed by atoms with E-state index in [1.165, 1.54) is 127 Å². The largest absolute Gasteiger partial charge is 0.295 e. The lowest BCUT2D eigenvalue weighted by Gasteiger charge is -2.37. The molecule has 1 aromatic rings. The van der Waals surface area contributed by atoms with Crippen molar-refractivity contribution in [1.29, 1.82) is 0 Å². The molecule has 192 valence electrons. The fraction of sp³-hybridized carbons (Fsp3) is 0.774. The van der Waals surface area contributed by atoms with Gasteiger partial charge in [-0.1, -0.05) is 115 Å². The Labute approximate surface area is 210 Å². The molecule has 2 aliphatic heterocycles. The minimum Gasteiger partial charge on any atom is -0.295 e. The van der Waals surface area contributed by atoms with Crippen molar-refractivity contribution in [3.05, 3.63) is 29.8 Å². The van der Waals surface area contributed by atoms with E-state index in [2.05, 4.69) is 36.1 Å². The lowest BCUT2D eigenvalue weighted by atomic mass is 10.0. The third-order valence-corrected chi connectivity index (χ3v) is 8.36. The molecule has 34 heavy (non-hydrogen) atoms. The number of nitrogens with zero attached hydrogens (tertiary/aromatic N) is 2. The molecule has 2 heterocycles. The summed E-state index contributed by atoms with van der Waals surface area (Å²) < 4.78 is 1.01. The zero-order chi connectivity index (χ0) is 23.9. The van der Waals surface area contributed by atoms with Crippen molar-refractivity contribution in [1.82, 2.24) is 9.38 Å². The van der Waals surface area contributed by atoms with Gasteiger partial charge in [0.25, 0.3) is 0 Å². The van der Waals surface area contributed by atoms with Crippen LogP contribution in [0.3, 0.4) is 0 Å². The molecule has 1 aromatic carbocycles. The van der Waals surface area contributed by atoms with Crippen molar-refractivity contribution in [3.63, 3.8) is 0 Å². The molecule has 3 nitrogen and oxygen atoms in total. The van der Waals surface area contributed by atoms with Crippen LogP contribution in [0.15, 0.2) is 24.3 Å². The highest BCUT2D eigenvalue weighted by atomic mass is 16.2. The molecule has 0 N–H and O–H groups in total. The number of hydrogen-bond acceptors (Lipinski definition) is 1. The molecule has 2 aliphatic rings. The van der Waals surface area contributed by atoms with Gasteiger partial charge in [0.05, 0.1) is 13.1 Å². The van der Waals surface area contributed by atoms with Crippen LogP contribution in [0, 0.1) is 0 Å². The highest BCUT2D eigenvalue weighted by molar-refractivity contribution is 5.78. The number of quaternary nitrogens is 1. The number of amides is 1. The first-order valence-corrected chi connectivity index (χ1v) is 15.0. The second kappa shape index (κ2) is 15.6. The summed E-state index contributed by atoms with van der Waals surface area (Å²) >= 11 is 0. The minimum atomic E-state index is 0.369. The molecule has 1 atom stereocenters. The molecule has 0 saturated carbocycles. The van der Waals surface area contributed by atoms with E-state index in [-0.39, 0.29) is 0 Å². The third kappa shape index (κ3) is 8.70. The molecule has 3 heteroatoms. The Morgan fingerprint density at radius 2 is 1.29 bits per heavy atom. The van der Waals surface area contributed by atoms with Crippen molar-refractivity contribution >= 4 is 11.6 Å². The van der Waals surface area contributed by atoms with Crippen LogP contribution in [0.25, 0.3) is 0 Å². The van der Waals surface area contributed by atoms with Gasteiger partial charge in [-0.3, -0.25) is 14.2 Å². The smallest absolute Gasteiger partial charge is 0.226 e. The Kier molecular flexibility index (Phi) is 12.5. The average Bonchev–Trinajstić information content (AvgIpc) is 3.42. The van der Waals surface area contributed by atoms with Gasteiger partial charge in [0.1, 0.15) is 5.69 Å². The lowest BCUT2D eigenvalue weighted by Crippen LogP contribution is -2.55. The van der Waals surface area contributed by atoms with Crippen LogP contribution >= 0.6 is 0 Å². The van der Waals surface area contributed by atoms with Crippen LogP contribution in [-0.4, -0.2) is 37.1 Å². The van der Waals surface area contributed by atoms with E-state index in [0.29, 0.717) is 5.91 Å². The molecule has 0 radical (unpaired) electrons. The standard InChI is InChI=1S/C31H53N2O/c1-2-3-4-5-6-7-8-9-10-11-12-13-14-15-16-19-26-33(28-32-25-20-23-31(32)34)27-24-29-21-17-18-22-30(29)33/h17-18,21-22H,2-16,19-20,23-28H2,1H3/q+1. The Bertz CT molecular complexity index is 702. The normalized spacial score (nSPS) is 19.8. The molecule has 0 bridgehead atoms. The maximum absolute atomic E-state index is 12.4. The van der Waals surface area contributed by atoms with Crippen LogP contribution in [0.5, 0.6) is 0 Å². The molecule has 1 unspecified atom stereocenters. The SMILES string of the molecule is CCCCCCCCCCCCCCCCCC[N+]1(CN2CCCC2=O)CCc2ccccc21. The molecular formula is C31H53N2O+. The summed E-state index contributed by atoms with van der Waals surface area (Å²) in [4.78, 5) is 14.5. The van der Waals surface area contributed by atoms with Crippen molar-refractivity contribution in [2.75, 3.05) is 26.3 Å². The fourth-order valence-corrected chi connectivity index (χ4v) is 6.23. The molecule has 3 rings (SSSR count). The van der Waals surface area contributed by atoms with E-state index in [1.807, 2.05) is 0 Å². The van der Waals surface area contributed by atoms with E-state index in [9.17, 15) is 4.79 Å². The molecule has 1 amide bonds. The van der Waals surface area contributed by atoms with Gasteiger partial charge in [-0.05, 0) is 25.3 Å². The maximum Gasteiger partial charge on any atom is 0.226 e. The van der Waals surface area contributed by atoms with Gasteiger partial charge < -0.3 is 0 Å². The van der Waals surface area contributed by atoms with Crippen LogP contribution in [0.1, 0.15) is 128 Å². The first-order chi connectivity index (χ1) is 16.7. The van der Waals surface area contributed by atoms with Gasteiger partial charge in [0.2, 0.25) is 5.91 Å². The fourth-order valence-electron chi connectivity index (χ4n) is 6.23. The topological polar surface area (TPSA) is 20.3 Å². The number of carbonyl (C=O) groups excluding carboxylic acids is 1. The monoisotopic (exact) mass is 469 g/mol. The number of hydrogen-bond donors (Lipinski definition) is 0. The zero-order valence-electron chi connectivity index (χ0n) is 22.4. The first kappa shape index (κ1) is 27.2. The van der Waals surface area contributed by atoms with E-state index >= 15 is 0 Å². The second-order valence-electron chi connectivity index (χ2n) is 11.2. The number of fused-ring (bicyclic) bond motifs is 1. The molecule has 0 spiro atoms. The van der Waals surface area contributed by atoms with E-state index in [1.54, 1.807) is 0 Å². The molecule has 1 saturated heterocycles. The summed E-state index contributed by atoms with van der Waals surface area (Å²) in [6, 6.07) is 9.00. The summed E-state index contributed by atoms with van der Waals surface area (Å²) in [6.07, 6.45) is 25.6. The van der Waals surface area contributed by atoms with Gasteiger partial charge in [0, 0.05) is 24.9 Å². The van der Waals surface area contributed by atoms with Gasteiger partial charge >= 0.3 is 0 Å². The van der Waals surface area contributed by atoms with Gasteiger partial charge in [-0.15, -0.1) is 0 Å². The van der Waals surface area contributed by atoms with Crippen molar-refractivity contribution in [2.24, 2.45) is 0 Å². The predicted octanol–water partition coefficient (Wildman–Crippen LogP) is 8.39. The number of para-hydroxylation sites is 1. The van der Waals surface area contributed by atoms with Gasteiger partial charge in [0.15, 0.2) is 6.67 Å². The predicted molar refractivity (Wildman–Crippen MR) is 147 cm³/mol. The number of likely N-dealkylation sites (tertiary alicyclic amines) is 1. The maximum atomic E-state index is 12.4. The van der Waals surface area contributed by atoms with E-state index in [4.69, 9.17) is 0 Å². The van der Waals surface area contributed by atoms with Crippen molar-refractivity contribution < 1.29 is 4.79 Å². The van der Waals surface area contributed by atoms with Crippen LogP contribution < -0.4 is 4.48 Å². The Balaban J connectivity index is 1.25. The molecule has 0 aliphatic carbocycles. The summed E-state index contributed by atoms with van der Waals surface area (Å²) in [5.41, 5.74) is 2.99. The van der Waals surface area contributed by atoms with Crippen LogP contribution in [-0.2, 0) is 11.2 Å². The average molecular weight is 470 g/mol.